The molecule has 1 unspecified atom stereocenters. The Morgan fingerprint density at radius 3 is 2.34 bits per heavy atom. The largest absolute Gasteiger partial charge is 0.444 e. The number of oxazole rings is 1. The Kier molecular flexibility index (Phi) is 13.6. The molecule has 7 rings (SSSR count). The Hall–Kier alpha value is -7.91. The van der Waals surface area contributed by atoms with Crippen molar-refractivity contribution in [1.29, 1.82) is 0 Å². The van der Waals surface area contributed by atoms with Crippen LogP contribution in [0, 0.1) is 0 Å². The molecule has 5 heterocycles. The van der Waals surface area contributed by atoms with Gasteiger partial charge >= 0.3 is 6.18 Å². The predicted octanol–water partition coefficient (Wildman–Crippen LogP) is 4.83. The van der Waals surface area contributed by atoms with Crippen LogP contribution < -0.4 is 32.3 Å². The topological polar surface area (TPSA) is 266 Å². The quantitative estimate of drug-likeness (QED) is 0.0480. The monoisotopic (exact) mass is 897 g/mol. The first-order valence-corrected chi connectivity index (χ1v) is 20.6. The summed E-state index contributed by atoms with van der Waals surface area (Å²) in [5, 5.41) is 17.2. The first-order chi connectivity index (χ1) is 31.2. The Labute approximate surface area is 367 Å². The van der Waals surface area contributed by atoms with Gasteiger partial charge in [-0.15, -0.1) is 0 Å². The number of fused-ring (bicyclic) bond motifs is 1. The van der Waals surface area contributed by atoms with E-state index >= 15 is 0 Å². The third-order valence-electron chi connectivity index (χ3n) is 10.5. The summed E-state index contributed by atoms with van der Waals surface area (Å²) in [6.45, 7) is -0.274. The van der Waals surface area contributed by atoms with E-state index in [1.54, 1.807) is 42.5 Å². The molecule has 2 aliphatic rings. The zero-order chi connectivity index (χ0) is 46.3. The van der Waals surface area contributed by atoms with Gasteiger partial charge in [-0.25, -0.2) is 14.6 Å². The predicted molar refractivity (Wildman–Crippen MR) is 226 cm³/mol. The molecular formula is C43H42F3N11O8. The van der Waals surface area contributed by atoms with Gasteiger partial charge in [-0.05, 0) is 67.8 Å². The van der Waals surface area contributed by atoms with Gasteiger partial charge in [0, 0.05) is 42.5 Å². The fraction of sp³-hybridized carbons (Fsp3) is 0.302. The lowest BCUT2D eigenvalue weighted by molar-refractivity contribution is -0.136. The van der Waals surface area contributed by atoms with Crippen LogP contribution in [0.2, 0.25) is 0 Å². The number of hydrogen-bond donors (Lipinski definition) is 6. The van der Waals surface area contributed by atoms with Gasteiger partial charge in [0.05, 0.1) is 28.7 Å². The van der Waals surface area contributed by atoms with Crippen LogP contribution in [0.5, 0.6) is 0 Å². The molecule has 2 aromatic carbocycles. The number of hydrogen-bond acceptors (Lipinski definition) is 13. The fourth-order valence-electron chi connectivity index (χ4n) is 7.24. The van der Waals surface area contributed by atoms with Gasteiger partial charge in [0.15, 0.2) is 11.4 Å². The Morgan fingerprint density at radius 1 is 0.877 bits per heavy atom. The number of amides is 7. The van der Waals surface area contributed by atoms with Crippen LogP contribution in [-0.4, -0.2) is 97.9 Å². The lowest BCUT2D eigenvalue weighted by Gasteiger charge is -2.27. The fourth-order valence-corrected chi connectivity index (χ4v) is 7.24. The number of unbranched alkanes of at least 4 members (excludes halogenated alkanes) is 5. The Balaban J connectivity index is 0.819. The van der Waals surface area contributed by atoms with Crippen molar-refractivity contribution in [1.82, 2.24) is 35.3 Å². The summed E-state index contributed by atoms with van der Waals surface area (Å²) in [7, 11) is 0. The molecule has 22 heteroatoms. The van der Waals surface area contributed by atoms with Gasteiger partial charge in [0.1, 0.15) is 24.7 Å². The highest BCUT2D eigenvalue weighted by molar-refractivity contribution is 6.25. The number of anilines is 3. The Morgan fingerprint density at radius 2 is 1.62 bits per heavy atom. The van der Waals surface area contributed by atoms with E-state index in [4.69, 9.17) is 10.2 Å². The summed E-state index contributed by atoms with van der Waals surface area (Å²) in [6.07, 6.45) is 4.58. The molecule has 5 aromatic rings. The molecule has 0 bridgehead atoms. The number of pyridine rings is 1. The van der Waals surface area contributed by atoms with Gasteiger partial charge in [-0.3, -0.25) is 43.8 Å². The molecule has 338 valence electrons. The number of carbonyl (C=O) groups excluding carboxylic acids is 7. The van der Waals surface area contributed by atoms with Crippen molar-refractivity contribution in [2.24, 2.45) is 5.73 Å². The molecule has 0 radical (unpaired) electrons. The van der Waals surface area contributed by atoms with Gasteiger partial charge < -0.3 is 31.4 Å². The highest BCUT2D eigenvalue weighted by Gasteiger charge is 2.45. The first kappa shape index (κ1) is 45.1. The number of piperidine rings is 1. The van der Waals surface area contributed by atoms with Crippen LogP contribution in [-0.2, 0) is 9.59 Å². The van der Waals surface area contributed by atoms with Gasteiger partial charge in [-0.2, -0.15) is 18.3 Å². The lowest BCUT2D eigenvalue weighted by atomic mass is 10.0. The van der Waals surface area contributed by atoms with Crippen LogP contribution in [0.15, 0.2) is 77.7 Å². The maximum atomic E-state index is 13.3. The molecule has 7 N–H and O–H groups in total. The van der Waals surface area contributed by atoms with Crippen molar-refractivity contribution in [2.45, 2.75) is 63.6 Å². The maximum Gasteiger partial charge on any atom is 0.405 e. The van der Waals surface area contributed by atoms with Gasteiger partial charge in [0.25, 0.3) is 29.5 Å². The first-order valence-electron chi connectivity index (χ1n) is 20.6. The van der Waals surface area contributed by atoms with E-state index in [1.807, 2.05) is 0 Å². The van der Waals surface area contributed by atoms with E-state index in [0.29, 0.717) is 30.0 Å². The molecular weight excluding hydrogens is 856 g/mol. The molecule has 0 saturated carbocycles. The van der Waals surface area contributed by atoms with Crippen molar-refractivity contribution < 1.29 is 51.2 Å². The minimum Gasteiger partial charge on any atom is -0.444 e. The van der Waals surface area contributed by atoms with Crippen molar-refractivity contribution in [2.75, 3.05) is 35.6 Å². The molecule has 0 spiro atoms. The summed E-state index contributed by atoms with van der Waals surface area (Å²) >= 11 is 0. The standard InChI is InChI=1S/C43H42F3N11O8/c44-43(45,46)23-51-32-20-25(16-19-49-32)40-53-30(22-65-40)38(61)52-29-21-56(55-35(29)36(47)59)26-12-10-24(11-13-26)37(60)50-18-6-4-2-1-3-5-17-48-28-9-7-8-27-34(28)42(64)57(41(27)63)31-14-15-33(58)54-39(31)62/h7-13,16,19-22,31,48H,1-6,14-15,17-18,23H2,(H2,47,59)(H,49,51)(H,50,60)(H,52,61)(H,54,58,62). The summed E-state index contributed by atoms with van der Waals surface area (Å²) < 4.78 is 44.5. The number of alkyl halides is 3. The van der Waals surface area contributed by atoms with Crippen molar-refractivity contribution in [3.63, 3.8) is 0 Å². The zero-order valence-electron chi connectivity index (χ0n) is 34.5. The van der Waals surface area contributed by atoms with E-state index in [0.717, 1.165) is 49.7 Å². The number of halogens is 3. The molecule has 7 amide bonds. The number of nitrogens with two attached hydrogens (primary N) is 1. The van der Waals surface area contributed by atoms with E-state index in [-0.39, 0.29) is 64.2 Å². The number of carbonyl (C=O) groups is 7. The van der Waals surface area contributed by atoms with E-state index in [1.165, 1.54) is 29.2 Å². The molecule has 1 atom stereocenters. The average molecular weight is 898 g/mol. The number of rotatable bonds is 19. The number of nitrogens with one attached hydrogen (secondary N) is 5. The van der Waals surface area contributed by atoms with Crippen molar-refractivity contribution >= 4 is 58.5 Å². The summed E-state index contributed by atoms with van der Waals surface area (Å²) in [4.78, 5) is 97.3. The second kappa shape index (κ2) is 19.6. The molecule has 1 saturated heterocycles. The van der Waals surface area contributed by atoms with Crippen molar-refractivity contribution in [3.05, 3.63) is 101 Å². The molecule has 65 heavy (non-hydrogen) atoms. The highest BCUT2D eigenvalue weighted by Crippen LogP contribution is 2.32. The smallest absolute Gasteiger partial charge is 0.405 e. The molecule has 19 nitrogen and oxygen atoms in total. The molecule has 1 fully saturated rings. The van der Waals surface area contributed by atoms with Gasteiger partial charge in [-0.1, -0.05) is 31.7 Å². The average Bonchev–Trinajstić information content (AvgIpc) is 4.01. The number of imide groups is 2. The normalized spacial score (nSPS) is 14.8. The summed E-state index contributed by atoms with van der Waals surface area (Å²) in [5.74, 6) is -4.36. The molecule has 3 aromatic heterocycles. The van der Waals surface area contributed by atoms with E-state index in [2.05, 4.69) is 41.7 Å². The second-order valence-corrected chi connectivity index (χ2v) is 15.1. The third-order valence-corrected chi connectivity index (χ3v) is 10.5. The van der Waals surface area contributed by atoms with E-state index in [9.17, 15) is 46.7 Å². The minimum atomic E-state index is -4.46. The number of aromatic nitrogens is 4. The van der Waals surface area contributed by atoms with Gasteiger partial charge in [0.2, 0.25) is 17.7 Å². The van der Waals surface area contributed by atoms with Crippen LogP contribution in [0.25, 0.3) is 17.1 Å². The Bertz CT molecular complexity index is 2640. The second-order valence-electron chi connectivity index (χ2n) is 15.1. The molecule has 2 aliphatic heterocycles. The van der Waals surface area contributed by atoms with E-state index < -0.39 is 54.2 Å². The maximum absolute atomic E-state index is 13.3. The zero-order valence-corrected chi connectivity index (χ0v) is 34.5. The number of nitrogens with zero attached hydrogens (tertiary/aromatic N) is 5. The van der Waals surface area contributed by atoms with Crippen LogP contribution in [0.4, 0.5) is 30.4 Å². The summed E-state index contributed by atoms with van der Waals surface area (Å²) in [5.41, 5.74) is 7.07. The SMILES string of the molecule is NC(=O)c1nn(-c2ccc(C(=O)NCCCCCCCCNc3cccc4c3C(=O)N(C3CCC(=O)NC3=O)C4=O)cc2)cc1NC(=O)c1coc(-c2ccnc(NCC(F)(F)F)c2)n1. The minimum absolute atomic E-state index is 0.0406. The lowest BCUT2D eigenvalue weighted by Crippen LogP contribution is -2.54. The number of benzene rings is 2. The summed E-state index contributed by atoms with van der Waals surface area (Å²) in [6, 6.07) is 13.0. The van der Waals surface area contributed by atoms with Crippen LogP contribution in [0.3, 0.4) is 0 Å². The number of primary amides is 1. The van der Waals surface area contributed by atoms with Crippen molar-refractivity contribution in [3.8, 4) is 17.1 Å². The van der Waals surface area contributed by atoms with Crippen LogP contribution >= 0.6 is 0 Å². The molecule has 0 aliphatic carbocycles. The highest BCUT2D eigenvalue weighted by atomic mass is 19.4. The third kappa shape index (κ3) is 10.8. The van der Waals surface area contributed by atoms with Crippen LogP contribution in [0.1, 0.15) is 103 Å².